The van der Waals surface area contributed by atoms with Crippen molar-refractivity contribution in [3.63, 3.8) is 0 Å². The van der Waals surface area contributed by atoms with Crippen LogP contribution < -0.4 is 10.2 Å². The fourth-order valence-electron chi connectivity index (χ4n) is 6.64. The average Bonchev–Trinajstić information content (AvgIpc) is 3.49. The molecule has 4 aromatic rings. The molecule has 2 aromatic carbocycles. The predicted molar refractivity (Wildman–Crippen MR) is 180 cm³/mol. The minimum absolute atomic E-state index is 0.0530. The SMILES string of the molecule is CN1CCC(N(C)C(=O)c2ccc(Nc3nc4c(N5CCC(CCO)(c6ccc(Cl)cc6)CC5)cccn4n3)cc2)CC1.O=CO. The number of aliphatic hydroxyl groups is 1. The first-order valence-electron chi connectivity index (χ1n) is 15.6. The summed E-state index contributed by atoms with van der Waals surface area (Å²) in [6.45, 7) is 3.63. The molecular weight excluding hydrogens is 606 g/mol. The maximum absolute atomic E-state index is 13.1. The highest BCUT2D eigenvalue weighted by atomic mass is 35.5. The number of carbonyl (C=O) groups is 2. The zero-order valence-corrected chi connectivity index (χ0v) is 27.1. The second-order valence-electron chi connectivity index (χ2n) is 12.1. The van der Waals surface area contributed by atoms with Crippen LogP contribution in [-0.2, 0) is 10.2 Å². The van der Waals surface area contributed by atoms with Crippen LogP contribution >= 0.6 is 11.6 Å². The molecule has 2 aliphatic heterocycles. The number of carbonyl (C=O) groups excluding carboxylic acids is 1. The summed E-state index contributed by atoms with van der Waals surface area (Å²) in [5.41, 5.74) is 4.49. The van der Waals surface area contributed by atoms with Crippen molar-refractivity contribution >= 4 is 47.0 Å². The highest BCUT2D eigenvalue weighted by molar-refractivity contribution is 6.30. The lowest BCUT2D eigenvalue weighted by molar-refractivity contribution is -0.122. The van der Waals surface area contributed by atoms with Gasteiger partial charge < -0.3 is 30.2 Å². The Morgan fingerprint density at radius 1 is 1.07 bits per heavy atom. The zero-order valence-electron chi connectivity index (χ0n) is 26.3. The molecule has 0 saturated carbocycles. The van der Waals surface area contributed by atoms with E-state index in [9.17, 15) is 9.90 Å². The fourth-order valence-corrected chi connectivity index (χ4v) is 6.77. The Labute approximate surface area is 274 Å². The molecule has 2 aliphatic rings. The number of carboxylic acid groups (broad SMARTS) is 1. The molecule has 2 saturated heterocycles. The molecule has 4 heterocycles. The third-order valence-corrected chi connectivity index (χ3v) is 9.65. The van der Waals surface area contributed by atoms with Crippen LogP contribution in [-0.4, -0.2) is 99.9 Å². The highest BCUT2D eigenvalue weighted by Crippen LogP contribution is 2.40. The maximum Gasteiger partial charge on any atom is 0.290 e. The molecule has 244 valence electrons. The van der Waals surface area contributed by atoms with E-state index >= 15 is 0 Å². The molecule has 0 unspecified atom stereocenters. The number of anilines is 3. The third kappa shape index (κ3) is 7.43. The number of hydrogen-bond donors (Lipinski definition) is 3. The van der Waals surface area contributed by atoms with Crippen molar-refractivity contribution in [3.05, 3.63) is 83.0 Å². The lowest BCUT2D eigenvalue weighted by Crippen LogP contribution is -2.44. The van der Waals surface area contributed by atoms with Crippen molar-refractivity contribution < 1.29 is 19.8 Å². The summed E-state index contributed by atoms with van der Waals surface area (Å²) < 4.78 is 1.81. The van der Waals surface area contributed by atoms with Crippen molar-refractivity contribution in [1.29, 1.82) is 0 Å². The number of pyridine rings is 1. The monoisotopic (exact) mass is 647 g/mol. The summed E-state index contributed by atoms with van der Waals surface area (Å²) in [6, 6.07) is 20.0. The summed E-state index contributed by atoms with van der Waals surface area (Å²) in [7, 11) is 4.04. The Morgan fingerprint density at radius 3 is 2.35 bits per heavy atom. The molecule has 0 radical (unpaired) electrons. The van der Waals surface area contributed by atoms with Gasteiger partial charge in [-0.1, -0.05) is 23.7 Å². The fraction of sp³-hybridized carbons (Fsp3) is 0.412. The number of piperidine rings is 2. The molecule has 6 rings (SSSR count). The predicted octanol–water partition coefficient (Wildman–Crippen LogP) is 4.91. The number of rotatable bonds is 8. The van der Waals surface area contributed by atoms with Gasteiger partial charge in [0.1, 0.15) is 0 Å². The normalized spacial score (nSPS) is 16.8. The van der Waals surface area contributed by atoms with Gasteiger partial charge in [0.25, 0.3) is 12.4 Å². The van der Waals surface area contributed by atoms with Crippen LogP contribution in [0.3, 0.4) is 0 Å². The van der Waals surface area contributed by atoms with E-state index in [2.05, 4.69) is 45.5 Å². The number of aliphatic hydroxyl groups excluding tert-OH is 1. The van der Waals surface area contributed by atoms with Crippen LogP contribution in [0.1, 0.15) is 48.0 Å². The van der Waals surface area contributed by atoms with E-state index < -0.39 is 0 Å². The molecule has 0 aliphatic carbocycles. The van der Waals surface area contributed by atoms with Crippen LogP contribution in [0.5, 0.6) is 0 Å². The molecule has 0 bridgehead atoms. The lowest BCUT2D eigenvalue weighted by atomic mass is 9.70. The Bertz CT molecular complexity index is 1600. The molecular formula is C34H42ClN7O4. The van der Waals surface area contributed by atoms with E-state index in [0.717, 1.165) is 80.3 Å². The van der Waals surface area contributed by atoms with E-state index in [1.807, 2.05) is 60.6 Å². The number of hydrogen-bond acceptors (Lipinski definition) is 8. The van der Waals surface area contributed by atoms with E-state index in [4.69, 9.17) is 26.5 Å². The first kappa shape index (κ1) is 33.2. The number of nitrogens with zero attached hydrogens (tertiary/aromatic N) is 6. The van der Waals surface area contributed by atoms with Crippen LogP contribution in [0.25, 0.3) is 5.65 Å². The van der Waals surface area contributed by atoms with Gasteiger partial charge in [-0.05, 0) is 106 Å². The van der Waals surface area contributed by atoms with Gasteiger partial charge in [-0.25, -0.2) is 4.52 Å². The number of fused-ring (bicyclic) bond motifs is 1. The van der Waals surface area contributed by atoms with Crippen molar-refractivity contribution in [2.75, 3.05) is 57.1 Å². The molecule has 0 atom stereocenters. The first-order valence-corrected chi connectivity index (χ1v) is 16.0. The second-order valence-corrected chi connectivity index (χ2v) is 12.5. The minimum Gasteiger partial charge on any atom is -0.483 e. The summed E-state index contributed by atoms with van der Waals surface area (Å²) in [6.07, 6.45) is 6.49. The van der Waals surface area contributed by atoms with Crippen LogP contribution in [0.4, 0.5) is 17.3 Å². The van der Waals surface area contributed by atoms with Gasteiger partial charge in [0.15, 0.2) is 5.65 Å². The van der Waals surface area contributed by atoms with Crippen molar-refractivity contribution in [1.82, 2.24) is 24.4 Å². The van der Waals surface area contributed by atoms with Gasteiger partial charge in [-0.2, -0.15) is 4.98 Å². The molecule has 11 nitrogen and oxygen atoms in total. The average molecular weight is 648 g/mol. The topological polar surface area (TPSA) is 127 Å². The van der Waals surface area contributed by atoms with E-state index in [-0.39, 0.29) is 30.4 Å². The number of halogens is 1. The lowest BCUT2D eigenvalue weighted by Gasteiger charge is -2.43. The summed E-state index contributed by atoms with van der Waals surface area (Å²) in [5, 5.41) is 25.5. The highest BCUT2D eigenvalue weighted by Gasteiger charge is 2.36. The van der Waals surface area contributed by atoms with Gasteiger partial charge in [0.2, 0.25) is 5.95 Å². The number of nitrogens with one attached hydrogen (secondary N) is 1. The van der Waals surface area contributed by atoms with Crippen LogP contribution in [0, 0.1) is 0 Å². The number of likely N-dealkylation sites (tertiary alicyclic amines) is 1. The van der Waals surface area contributed by atoms with Crippen molar-refractivity contribution in [3.8, 4) is 0 Å². The Kier molecular flexibility index (Phi) is 10.8. The molecule has 0 spiro atoms. The van der Waals surface area contributed by atoms with Gasteiger partial charge >= 0.3 is 0 Å². The molecule has 46 heavy (non-hydrogen) atoms. The molecule has 2 aromatic heterocycles. The third-order valence-electron chi connectivity index (χ3n) is 9.39. The number of benzene rings is 2. The number of aromatic nitrogens is 3. The van der Waals surface area contributed by atoms with Gasteiger partial charge in [0, 0.05) is 60.7 Å². The van der Waals surface area contributed by atoms with Gasteiger partial charge in [0.05, 0.1) is 5.69 Å². The van der Waals surface area contributed by atoms with Gasteiger partial charge in [-0.15, -0.1) is 5.10 Å². The number of amides is 1. The molecule has 12 heteroatoms. The second kappa shape index (κ2) is 14.9. The Morgan fingerprint density at radius 2 is 1.72 bits per heavy atom. The molecule has 1 amide bonds. The summed E-state index contributed by atoms with van der Waals surface area (Å²) in [4.78, 5) is 32.9. The molecule has 2 fully saturated rings. The summed E-state index contributed by atoms with van der Waals surface area (Å²) >= 11 is 6.15. The van der Waals surface area contributed by atoms with Crippen LogP contribution in [0.2, 0.25) is 5.02 Å². The van der Waals surface area contributed by atoms with Crippen molar-refractivity contribution in [2.24, 2.45) is 0 Å². The quantitative estimate of drug-likeness (QED) is 0.229. The minimum atomic E-state index is -0.250. The van der Waals surface area contributed by atoms with Gasteiger partial charge in [-0.3, -0.25) is 9.59 Å². The largest absolute Gasteiger partial charge is 0.483 e. The standard InChI is InChI=1S/C33H40ClN7O2.CH2O2/c1-38-19-13-28(14-20-38)39(2)31(43)24-5-11-27(12-6-24)35-32-36-30-29(4-3-18-41(30)37-32)40-21-15-33(16-22-40,17-23-42)25-7-9-26(34)10-8-25;2-1-3/h3-12,18,28,42H,13-17,19-23H2,1-2H3,(H,35,37);1H,(H,2,3). The Balaban J connectivity index is 0.00000134. The zero-order chi connectivity index (χ0) is 32.7. The molecule has 3 N–H and O–H groups in total. The van der Waals surface area contributed by atoms with E-state index in [1.165, 1.54) is 5.56 Å². The Hall–Kier alpha value is -4.19. The summed E-state index contributed by atoms with van der Waals surface area (Å²) in [5.74, 6) is 0.556. The van der Waals surface area contributed by atoms with E-state index in [1.54, 1.807) is 4.52 Å². The first-order chi connectivity index (χ1) is 22.3. The van der Waals surface area contributed by atoms with Crippen molar-refractivity contribution in [2.45, 2.75) is 43.6 Å². The smallest absolute Gasteiger partial charge is 0.290 e. The maximum atomic E-state index is 13.1. The van der Waals surface area contributed by atoms with Crippen LogP contribution in [0.15, 0.2) is 66.9 Å². The van der Waals surface area contributed by atoms with E-state index in [0.29, 0.717) is 11.5 Å².